The summed E-state index contributed by atoms with van der Waals surface area (Å²) >= 11 is 3.52. The van der Waals surface area contributed by atoms with Gasteiger partial charge in [-0.3, -0.25) is 9.00 Å². The Balaban J connectivity index is 2.19. The molecule has 1 atom stereocenters. The van der Waals surface area contributed by atoms with Crippen LogP contribution in [0.5, 0.6) is 0 Å². The van der Waals surface area contributed by atoms with E-state index in [1.54, 1.807) is 12.3 Å². The second kappa shape index (κ2) is 7.04. The van der Waals surface area contributed by atoms with Crippen LogP contribution in [-0.2, 0) is 17.8 Å². The zero-order chi connectivity index (χ0) is 15.4. The lowest BCUT2D eigenvalue weighted by atomic mass is 10.1. The molecule has 0 unspecified atom stereocenters. The summed E-state index contributed by atoms with van der Waals surface area (Å²) in [5, 5.41) is 2.79. The minimum Gasteiger partial charge on any atom is -0.350 e. The molecular weight excluding hydrogens is 352 g/mol. The van der Waals surface area contributed by atoms with Gasteiger partial charge >= 0.3 is 0 Å². The van der Waals surface area contributed by atoms with Crippen LogP contribution < -0.4 is 5.32 Å². The first kappa shape index (κ1) is 16.0. The van der Waals surface area contributed by atoms with E-state index in [4.69, 9.17) is 0 Å². The summed E-state index contributed by atoms with van der Waals surface area (Å²) in [5.41, 5.74) is 2.59. The van der Waals surface area contributed by atoms with Gasteiger partial charge in [-0.05, 0) is 18.2 Å². The highest BCUT2D eigenvalue weighted by Crippen LogP contribution is 2.28. The molecule has 0 saturated carbocycles. The van der Waals surface area contributed by atoms with E-state index in [0.29, 0.717) is 18.0 Å². The van der Waals surface area contributed by atoms with Crippen LogP contribution in [-0.4, -0.2) is 33.2 Å². The van der Waals surface area contributed by atoms with E-state index in [9.17, 15) is 9.00 Å². The summed E-state index contributed by atoms with van der Waals surface area (Å²) < 4.78 is 13.8. The Morgan fingerprint density at radius 2 is 2.00 bits per heavy atom. The van der Waals surface area contributed by atoms with Crippen LogP contribution in [0.1, 0.15) is 10.5 Å². The van der Waals surface area contributed by atoms with Gasteiger partial charge in [0.25, 0.3) is 5.91 Å². The van der Waals surface area contributed by atoms with Crippen molar-refractivity contribution in [3.63, 3.8) is 0 Å². The molecule has 0 aliphatic heterocycles. The number of aromatic nitrogens is 1. The fourth-order valence-corrected chi connectivity index (χ4v) is 2.95. The monoisotopic (exact) mass is 368 g/mol. The Labute approximate surface area is 135 Å². The lowest BCUT2D eigenvalue weighted by Gasteiger charge is -2.09. The summed E-state index contributed by atoms with van der Waals surface area (Å²) in [7, 11) is 0.964. The molecule has 4 nitrogen and oxygen atoms in total. The van der Waals surface area contributed by atoms with E-state index in [2.05, 4.69) is 21.2 Å². The second-order valence-electron chi connectivity index (χ2n) is 4.68. The van der Waals surface area contributed by atoms with Crippen molar-refractivity contribution < 1.29 is 9.00 Å². The Bertz CT molecular complexity index is 682. The molecule has 1 aromatic heterocycles. The third kappa shape index (κ3) is 3.83. The molecule has 21 heavy (non-hydrogen) atoms. The maximum Gasteiger partial charge on any atom is 0.267 e. The molecule has 2 rings (SSSR count). The Kier molecular flexibility index (Phi) is 5.36. The molecule has 0 spiro atoms. The number of hydrogen-bond donors (Lipinski definition) is 1. The number of carbonyl (C=O) groups excluding carboxylic acids is 1. The van der Waals surface area contributed by atoms with Gasteiger partial charge in [0, 0.05) is 52.1 Å². The third-order valence-corrected chi connectivity index (χ3v) is 4.65. The molecule has 0 saturated heterocycles. The maximum absolute atomic E-state index is 12.1. The Morgan fingerprint density at radius 3 is 2.67 bits per heavy atom. The average Bonchev–Trinajstić information content (AvgIpc) is 2.80. The van der Waals surface area contributed by atoms with Crippen LogP contribution in [0, 0.1) is 0 Å². The minimum atomic E-state index is -0.899. The summed E-state index contributed by atoms with van der Waals surface area (Å²) in [4.78, 5) is 12.1. The second-order valence-corrected chi connectivity index (χ2v) is 7.08. The normalized spacial score (nSPS) is 12.1. The van der Waals surface area contributed by atoms with E-state index in [-0.39, 0.29) is 5.91 Å². The van der Waals surface area contributed by atoms with Crippen LogP contribution in [0.4, 0.5) is 0 Å². The van der Waals surface area contributed by atoms with E-state index in [1.165, 1.54) is 0 Å². The summed E-state index contributed by atoms with van der Waals surface area (Å²) in [6.45, 7) is 0.414. The number of benzene rings is 1. The first-order valence-electron chi connectivity index (χ1n) is 6.49. The third-order valence-electron chi connectivity index (χ3n) is 3.18. The van der Waals surface area contributed by atoms with Crippen LogP contribution in [0.25, 0.3) is 11.3 Å². The molecule has 1 amide bonds. The summed E-state index contributed by atoms with van der Waals surface area (Å²) in [6.07, 6.45) is 1.62. The van der Waals surface area contributed by atoms with Crippen molar-refractivity contribution in [2.75, 3.05) is 18.6 Å². The standard InChI is InChI=1S/C15H17BrN2O2S/c1-18-13(11-5-3-4-6-12(11)16)7-8-14(18)15(19)17-9-10-21(2)20/h3-8H,9-10H2,1-2H3,(H,17,19)/t21-/m0/s1. The van der Waals surface area contributed by atoms with Crippen molar-refractivity contribution in [2.45, 2.75) is 0 Å². The topological polar surface area (TPSA) is 51.1 Å². The fourth-order valence-electron chi connectivity index (χ4n) is 2.08. The predicted molar refractivity (Wildman–Crippen MR) is 89.8 cm³/mol. The number of amides is 1. The van der Waals surface area contributed by atoms with E-state index < -0.39 is 10.8 Å². The highest BCUT2D eigenvalue weighted by molar-refractivity contribution is 9.10. The Hall–Kier alpha value is -1.40. The van der Waals surface area contributed by atoms with Gasteiger partial charge in [-0.2, -0.15) is 0 Å². The highest BCUT2D eigenvalue weighted by atomic mass is 79.9. The van der Waals surface area contributed by atoms with Crippen molar-refractivity contribution in [1.29, 1.82) is 0 Å². The van der Waals surface area contributed by atoms with Gasteiger partial charge in [0.05, 0.1) is 0 Å². The van der Waals surface area contributed by atoms with Gasteiger partial charge in [0.15, 0.2) is 0 Å². The molecule has 1 aromatic carbocycles. The van der Waals surface area contributed by atoms with E-state index in [0.717, 1.165) is 15.7 Å². The molecule has 6 heteroatoms. The molecule has 0 fully saturated rings. The SMILES string of the molecule is Cn1c(C(=O)NCC[S@](C)=O)ccc1-c1ccccc1Br. The van der Waals surface area contributed by atoms with Crippen molar-refractivity contribution in [1.82, 2.24) is 9.88 Å². The van der Waals surface area contributed by atoms with Crippen molar-refractivity contribution >= 4 is 32.6 Å². The van der Waals surface area contributed by atoms with E-state index in [1.807, 2.05) is 41.9 Å². The number of rotatable bonds is 5. The predicted octanol–water partition coefficient (Wildman–Crippen LogP) is 2.56. The largest absolute Gasteiger partial charge is 0.350 e. The number of nitrogens with zero attached hydrogens (tertiary/aromatic N) is 1. The van der Waals surface area contributed by atoms with E-state index >= 15 is 0 Å². The molecule has 1 heterocycles. The molecule has 2 aromatic rings. The Morgan fingerprint density at radius 1 is 1.29 bits per heavy atom. The average molecular weight is 369 g/mol. The smallest absolute Gasteiger partial charge is 0.267 e. The van der Waals surface area contributed by atoms with Crippen LogP contribution in [0.2, 0.25) is 0 Å². The van der Waals surface area contributed by atoms with Crippen molar-refractivity contribution in [3.8, 4) is 11.3 Å². The number of carbonyl (C=O) groups is 1. The van der Waals surface area contributed by atoms with Gasteiger partial charge < -0.3 is 9.88 Å². The summed E-state index contributed by atoms with van der Waals surface area (Å²) in [5.74, 6) is 0.314. The van der Waals surface area contributed by atoms with Crippen LogP contribution in [0.3, 0.4) is 0 Å². The molecule has 0 aliphatic carbocycles. The molecule has 112 valence electrons. The van der Waals surface area contributed by atoms with Crippen LogP contribution >= 0.6 is 15.9 Å². The maximum atomic E-state index is 12.1. The van der Waals surface area contributed by atoms with Gasteiger partial charge in [0.2, 0.25) is 0 Å². The first-order chi connectivity index (χ1) is 10.0. The quantitative estimate of drug-likeness (QED) is 0.881. The van der Waals surface area contributed by atoms with Crippen molar-refractivity contribution in [3.05, 3.63) is 46.6 Å². The lowest BCUT2D eigenvalue weighted by molar-refractivity contribution is 0.0948. The number of halogens is 1. The van der Waals surface area contributed by atoms with Crippen molar-refractivity contribution in [2.24, 2.45) is 7.05 Å². The molecular formula is C15H17BrN2O2S. The first-order valence-corrected chi connectivity index (χ1v) is 9.01. The molecule has 0 aliphatic rings. The van der Waals surface area contributed by atoms with Gasteiger partial charge in [-0.25, -0.2) is 0 Å². The minimum absolute atomic E-state index is 0.152. The summed E-state index contributed by atoms with van der Waals surface area (Å²) in [6, 6.07) is 11.6. The van der Waals surface area contributed by atoms with Gasteiger partial charge in [-0.15, -0.1) is 0 Å². The number of nitrogens with one attached hydrogen (secondary N) is 1. The molecule has 0 bridgehead atoms. The zero-order valence-electron chi connectivity index (χ0n) is 11.9. The van der Waals surface area contributed by atoms with Crippen LogP contribution in [0.15, 0.2) is 40.9 Å². The zero-order valence-corrected chi connectivity index (χ0v) is 14.3. The number of hydrogen-bond acceptors (Lipinski definition) is 2. The molecule has 1 N–H and O–H groups in total. The lowest BCUT2D eigenvalue weighted by Crippen LogP contribution is -2.29. The fraction of sp³-hybridized carbons (Fsp3) is 0.267. The van der Waals surface area contributed by atoms with Gasteiger partial charge in [-0.1, -0.05) is 34.1 Å². The highest BCUT2D eigenvalue weighted by Gasteiger charge is 2.14. The molecule has 0 radical (unpaired) electrons. The van der Waals surface area contributed by atoms with Gasteiger partial charge in [0.1, 0.15) is 5.69 Å².